The molecule has 7 nitrogen and oxygen atoms in total. The molecule has 0 aliphatic carbocycles. The van der Waals surface area contributed by atoms with Crippen LogP contribution in [0, 0.1) is 6.92 Å². The summed E-state index contributed by atoms with van der Waals surface area (Å²) in [7, 11) is 1.38. The lowest BCUT2D eigenvalue weighted by atomic mass is 10.2. The highest BCUT2D eigenvalue weighted by atomic mass is 16.5. The summed E-state index contributed by atoms with van der Waals surface area (Å²) in [4.78, 5) is 25.5. The molecule has 0 bridgehead atoms. The fourth-order valence-electron chi connectivity index (χ4n) is 3.29. The van der Waals surface area contributed by atoms with E-state index in [4.69, 9.17) is 14.5 Å². The number of nitrogens with zero attached hydrogens (tertiary/aromatic N) is 4. The molecule has 1 aromatic heterocycles. The number of carbonyl (C=O) groups is 1. The molecule has 2 aromatic rings. The number of rotatable bonds is 7. The highest BCUT2D eigenvalue weighted by Crippen LogP contribution is 2.19. The predicted molar refractivity (Wildman–Crippen MR) is 113 cm³/mol. The number of anilines is 1. The first kappa shape index (κ1) is 21.0. The molecule has 0 unspecified atom stereocenters. The van der Waals surface area contributed by atoms with Crippen molar-refractivity contribution in [2.24, 2.45) is 0 Å². The van der Waals surface area contributed by atoms with Crippen LogP contribution in [-0.2, 0) is 4.74 Å². The SMILES string of the molecule is COC(=O)c1ccc(OCCN2CCN(c3cc(C)nc(C(C)C)n3)CC2)cc1. The number of carbonyl (C=O) groups excluding carboxylic acids is 1. The zero-order valence-electron chi connectivity index (χ0n) is 17.7. The first-order chi connectivity index (χ1) is 14.0. The van der Waals surface area contributed by atoms with Crippen LogP contribution >= 0.6 is 0 Å². The molecule has 0 radical (unpaired) electrons. The number of hydrogen-bond acceptors (Lipinski definition) is 7. The Kier molecular flexibility index (Phi) is 7.04. The molecular formula is C22H30N4O3. The van der Waals surface area contributed by atoms with Crippen LogP contribution in [0.25, 0.3) is 0 Å². The lowest BCUT2D eigenvalue weighted by Crippen LogP contribution is -2.47. The van der Waals surface area contributed by atoms with Crippen molar-refractivity contribution < 1.29 is 14.3 Å². The summed E-state index contributed by atoms with van der Waals surface area (Å²) in [5, 5.41) is 0. The van der Waals surface area contributed by atoms with Crippen molar-refractivity contribution in [1.82, 2.24) is 14.9 Å². The molecule has 1 aromatic carbocycles. The van der Waals surface area contributed by atoms with E-state index in [1.54, 1.807) is 24.3 Å². The van der Waals surface area contributed by atoms with E-state index in [1.807, 2.05) is 6.92 Å². The maximum atomic E-state index is 11.5. The minimum Gasteiger partial charge on any atom is -0.492 e. The van der Waals surface area contributed by atoms with Crippen LogP contribution < -0.4 is 9.64 Å². The lowest BCUT2D eigenvalue weighted by Gasteiger charge is -2.35. The van der Waals surface area contributed by atoms with Crippen molar-refractivity contribution in [2.75, 3.05) is 51.3 Å². The topological polar surface area (TPSA) is 67.8 Å². The van der Waals surface area contributed by atoms with Crippen LogP contribution in [0.15, 0.2) is 30.3 Å². The van der Waals surface area contributed by atoms with E-state index in [2.05, 4.69) is 34.7 Å². The van der Waals surface area contributed by atoms with Gasteiger partial charge in [0.2, 0.25) is 0 Å². The standard InChI is InChI=1S/C22H30N4O3/c1-16(2)21-23-17(3)15-20(24-21)26-11-9-25(10-12-26)13-14-29-19-7-5-18(6-8-19)22(27)28-4/h5-8,15-16H,9-14H2,1-4H3. The largest absolute Gasteiger partial charge is 0.492 e. The molecule has 29 heavy (non-hydrogen) atoms. The summed E-state index contributed by atoms with van der Waals surface area (Å²) in [6.07, 6.45) is 0. The number of aryl methyl sites for hydroxylation is 1. The van der Waals surface area contributed by atoms with Gasteiger partial charge in [-0.2, -0.15) is 0 Å². The zero-order valence-corrected chi connectivity index (χ0v) is 17.7. The average molecular weight is 399 g/mol. The van der Waals surface area contributed by atoms with Crippen LogP contribution in [0.1, 0.15) is 41.6 Å². The normalized spacial score (nSPS) is 14.9. The predicted octanol–water partition coefficient (Wildman–Crippen LogP) is 2.90. The number of piperazine rings is 1. The second-order valence-electron chi connectivity index (χ2n) is 7.57. The minimum atomic E-state index is -0.339. The molecule has 156 valence electrons. The van der Waals surface area contributed by atoms with Gasteiger partial charge < -0.3 is 14.4 Å². The Labute approximate surface area is 172 Å². The van der Waals surface area contributed by atoms with Gasteiger partial charge in [-0.25, -0.2) is 14.8 Å². The molecule has 0 atom stereocenters. The van der Waals surface area contributed by atoms with Crippen molar-refractivity contribution in [3.63, 3.8) is 0 Å². The Bertz CT molecular complexity index is 815. The summed E-state index contributed by atoms with van der Waals surface area (Å²) in [6.45, 7) is 11.6. The third-order valence-corrected chi connectivity index (χ3v) is 5.02. The van der Waals surface area contributed by atoms with Gasteiger partial charge in [0, 0.05) is 50.4 Å². The highest BCUT2D eigenvalue weighted by molar-refractivity contribution is 5.89. The second-order valence-corrected chi connectivity index (χ2v) is 7.57. The molecule has 0 saturated carbocycles. The van der Waals surface area contributed by atoms with Gasteiger partial charge in [-0.3, -0.25) is 4.90 Å². The Hall–Kier alpha value is -2.67. The van der Waals surface area contributed by atoms with Gasteiger partial charge >= 0.3 is 5.97 Å². The van der Waals surface area contributed by atoms with Crippen LogP contribution in [0.3, 0.4) is 0 Å². The summed E-state index contributed by atoms with van der Waals surface area (Å²) < 4.78 is 10.5. The van der Waals surface area contributed by atoms with E-state index in [1.165, 1.54) is 7.11 Å². The second kappa shape index (κ2) is 9.69. The summed E-state index contributed by atoms with van der Waals surface area (Å²) >= 11 is 0. The molecular weight excluding hydrogens is 368 g/mol. The zero-order chi connectivity index (χ0) is 20.8. The van der Waals surface area contributed by atoms with Gasteiger partial charge in [0.1, 0.15) is 24.0 Å². The fraction of sp³-hybridized carbons (Fsp3) is 0.500. The van der Waals surface area contributed by atoms with E-state index < -0.39 is 0 Å². The molecule has 1 aliphatic heterocycles. The van der Waals surface area contributed by atoms with E-state index >= 15 is 0 Å². The fourth-order valence-corrected chi connectivity index (χ4v) is 3.29. The monoisotopic (exact) mass is 398 g/mol. The first-order valence-electron chi connectivity index (χ1n) is 10.1. The number of methoxy groups -OCH3 is 1. The quantitative estimate of drug-likeness (QED) is 0.664. The molecule has 1 aliphatic rings. The molecule has 3 rings (SSSR count). The van der Waals surface area contributed by atoms with Gasteiger partial charge in [-0.05, 0) is 31.2 Å². The van der Waals surface area contributed by atoms with Crippen molar-refractivity contribution in [3.05, 3.63) is 47.4 Å². The lowest BCUT2D eigenvalue weighted by molar-refractivity contribution is 0.0600. The summed E-state index contributed by atoms with van der Waals surface area (Å²) in [6, 6.07) is 9.11. The van der Waals surface area contributed by atoms with Crippen molar-refractivity contribution in [3.8, 4) is 5.75 Å². The van der Waals surface area contributed by atoms with Crippen LogP contribution in [0.2, 0.25) is 0 Å². The van der Waals surface area contributed by atoms with Crippen molar-refractivity contribution >= 4 is 11.8 Å². The van der Waals surface area contributed by atoms with E-state index in [9.17, 15) is 4.79 Å². The molecule has 0 spiro atoms. The molecule has 0 amide bonds. The van der Waals surface area contributed by atoms with Gasteiger partial charge in [-0.15, -0.1) is 0 Å². The summed E-state index contributed by atoms with van der Waals surface area (Å²) in [5.74, 6) is 2.69. The molecule has 7 heteroatoms. The first-order valence-corrected chi connectivity index (χ1v) is 10.1. The van der Waals surface area contributed by atoms with Crippen LogP contribution in [0.4, 0.5) is 5.82 Å². The molecule has 1 fully saturated rings. The van der Waals surface area contributed by atoms with Gasteiger partial charge in [0.15, 0.2) is 0 Å². The smallest absolute Gasteiger partial charge is 0.337 e. The Morgan fingerprint density at radius 3 is 2.41 bits per heavy atom. The Morgan fingerprint density at radius 1 is 1.10 bits per heavy atom. The van der Waals surface area contributed by atoms with Crippen molar-refractivity contribution in [2.45, 2.75) is 26.7 Å². The van der Waals surface area contributed by atoms with Crippen LogP contribution in [0.5, 0.6) is 5.75 Å². The third-order valence-electron chi connectivity index (χ3n) is 5.02. The third kappa shape index (κ3) is 5.67. The van der Waals surface area contributed by atoms with Gasteiger partial charge in [-0.1, -0.05) is 13.8 Å². The molecule has 1 saturated heterocycles. The highest BCUT2D eigenvalue weighted by Gasteiger charge is 2.19. The van der Waals surface area contributed by atoms with Crippen molar-refractivity contribution in [1.29, 1.82) is 0 Å². The maximum absolute atomic E-state index is 11.5. The number of esters is 1. The number of benzene rings is 1. The number of ether oxygens (including phenoxy) is 2. The average Bonchev–Trinajstić information content (AvgIpc) is 2.73. The Morgan fingerprint density at radius 2 is 1.79 bits per heavy atom. The molecule has 2 heterocycles. The number of aromatic nitrogens is 2. The number of hydrogen-bond donors (Lipinski definition) is 0. The van der Waals surface area contributed by atoms with Gasteiger partial charge in [0.05, 0.1) is 12.7 Å². The summed E-state index contributed by atoms with van der Waals surface area (Å²) in [5.41, 5.74) is 1.55. The minimum absolute atomic E-state index is 0.328. The molecule has 0 N–H and O–H groups in total. The maximum Gasteiger partial charge on any atom is 0.337 e. The van der Waals surface area contributed by atoms with E-state index in [0.717, 1.165) is 55.8 Å². The van der Waals surface area contributed by atoms with Gasteiger partial charge in [0.25, 0.3) is 0 Å². The van der Waals surface area contributed by atoms with Crippen LogP contribution in [-0.4, -0.2) is 67.3 Å². The Balaban J connectivity index is 1.45. The van der Waals surface area contributed by atoms with E-state index in [-0.39, 0.29) is 5.97 Å². The van der Waals surface area contributed by atoms with E-state index in [0.29, 0.717) is 18.1 Å².